The summed E-state index contributed by atoms with van der Waals surface area (Å²) >= 11 is 11.5. The van der Waals surface area contributed by atoms with Crippen molar-refractivity contribution in [2.45, 2.75) is 0 Å². The molecule has 1 nitrogen and oxygen atoms in total. The highest BCUT2D eigenvalue weighted by Crippen LogP contribution is 2.32. The van der Waals surface area contributed by atoms with E-state index in [-0.39, 0.29) is 0 Å². The van der Waals surface area contributed by atoms with Crippen LogP contribution in [0.4, 0.5) is 0 Å². The van der Waals surface area contributed by atoms with Gasteiger partial charge in [-0.2, -0.15) is 0 Å². The first-order chi connectivity index (χ1) is 6.25. The largest absolute Gasteiger partial charge is 0.462 e. The van der Waals surface area contributed by atoms with Crippen molar-refractivity contribution in [2.24, 2.45) is 0 Å². The number of hydrogen-bond acceptors (Lipinski definition) is 1. The first kappa shape index (κ1) is 12.1. The molecular weight excluding hydrogens is 207 g/mol. The summed E-state index contributed by atoms with van der Waals surface area (Å²) in [6.07, 6.45) is 1.28. The molecule has 1 rings (SSSR count). The number of rotatable bonds is 2. The Morgan fingerprint density at radius 2 is 1.62 bits per heavy atom. The lowest BCUT2D eigenvalue weighted by atomic mass is 10.3. The summed E-state index contributed by atoms with van der Waals surface area (Å²) in [7, 11) is 0. The van der Waals surface area contributed by atoms with Gasteiger partial charge in [0.15, 0.2) is 5.75 Å². The van der Waals surface area contributed by atoms with Gasteiger partial charge >= 0.3 is 0 Å². The second kappa shape index (κ2) is 6.58. The zero-order valence-corrected chi connectivity index (χ0v) is 8.61. The van der Waals surface area contributed by atoms with Gasteiger partial charge in [0.25, 0.3) is 0 Å². The van der Waals surface area contributed by atoms with Gasteiger partial charge in [0.2, 0.25) is 0 Å². The molecule has 0 radical (unpaired) electrons. The van der Waals surface area contributed by atoms with Crippen LogP contribution in [0.25, 0.3) is 0 Å². The van der Waals surface area contributed by atoms with Crippen LogP contribution >= 0.6 is 23.2 Å². The molecule has 0 aliphatic heterocycles. The Balaban J connectivity index is 0.000000671. The summed E-state index contributed by atoms with van der Waals surface area (Å²) < 4.78 is 4.97. The van der Waals surface area contributed by atoms with Gasteiger partial charge < -0.3 is 4.74 Å². The standard InChI is InChI=1S/C8H6Cl2O.C2H4/c1-2-11-8-6(9)4-3-5-7(8)10;1-2/h2-5H,1H2;1-2H2. The van der Waals surface area contributed by atoms with Crippen LogP contribution in [0.1, 0.15) is 0 Å². The number of hydrogen-bond donors (Lipinski definition) is 0. The van der Waals surface area contributed by atoms with E-state index in [2.05, 4.69) is 19.7 Å². The first-order valence-electron chi connectivity index (χ1n) is 3.47. The SMILES string of the molecule is C=C.C=COc1c(Cl)cccc1Cl. The molecule has 1 aromatic rings. The Kier molecular flexibility index (Phi) is 6.11. The van der Waals surface area contributed by atoms with E-state index in [1.807, 2.05) is 0 Å². The third-order valence-corrected chi connectivity index (χ3v) is 1.72. The summed E-state index contributed by atoms with van der Waals surface area (Å²) in [5.74, 6) is 0.450. The fourth-order valence-corrected chi connectivity index (χ4v) is 1.16. The average Bonchev–Trinajstić information content (AvgIpc) is 2.15. The predicted octanol–water partition coefficient (Wildman–Crippen LogP) is 4.32. The van der Waals surface area contributed by atoms with Gasteiger partial charge in [-0.3, -0.25) is 0 Å². The maximum Gasteiger partial charge on any atom is 0.163 e. The van der Waals surface area contributed by atoms with E-state index < -0.39 is 0 Å². The normalized spacial score (nSPS) is 8.15. The van der Waals surface area contributed by atoms with Crippen LogP contribution in [0.3, 0.4) is 0 Å². The Morgan fingerprint density at radius 3 is 2.00 bits per heavy atom. The molecule has 0 atom stereocenters. The van der Waals surface area contributed by atoms with E-state index in [1.54, 1.807) is 18.2 Å². The molecule has 0 unspecified atom stereocenters. The molecule has 0 heterocycles. The van der Waals surface area contributed by atoms with Gasteiger partial charge in [-0.15, -0.1) is 13.2 Å². The Bertz CT molecular complexity index is 264. The Morgan fingerprint density at radius 1 is 1.15 bits per heavy atom. The summed E-state index contributed by atoms with van der Waals surface area (Å²) in [5.41, 5.74) is 0. The number of para-hydroxylation sites is 1. The predicted molar refractivity (Wildman–Crippen MR) is 58.5 cm³/mol. The molecule has 0 N–H and O–H groups in total. The third kappa shape index (κ3) is 3.53. The van der Waals surface area contributed by atoms with E-state index in [9.17, 15) is 0 Å². The molecule has 0 saturated carbocycles. The number of ether oxygens (including phenoxy) is 1. The zero-order chi connectivity index (χ0) is 10.3. The summed E-state index contributed by atoms with van der Waals surface area (Å²) in [6, 6.07) is 5.15. The fraction of sp³-hybridized carbons (Fsp3) is 0. The van der Waals surface area contributed by atoms with Crippen LogP contribution in [0, 0.1) is 0 Å². The maximum absolute atomic E-state index is 5.75. The van der Waals surface area contributed by atoms with Gasteiger partial charge in [0.05, 0.1) is 16.3 Å². The molecule has 0 saturated heterocycles. The molecule has 0 aliphatic carbocycles. The molecule has 70 valence electrons. The molecule has 0 aliphatic rings. The smallest absolute Gasteiger partial charge is 0.163 e. The van der Waals surface area contributed by atoms with E-state index in [0.717, 1.165) is 0 Å². The van der Waals surface area contributed by atoms with Crippen molar-refractivity contribution >= 4 is 23.2 Å². The molecule has 0 fully saturated rings. The average molecular weight is 217 g/mol. The van der Waals surface area contributed by atoms with Crippen LogP contribution < -0.4 is 4.74 Å². The van der Waals surface area contributed by atoms with Crippen molar-refractivity contribution in [3.8, 4) is 5.75 Å². The number of benzene rings is 1. The van der Waals surface area contributed by atoms with Crippen molar-refractivity contribution in [3.05, 3.63) is 54.2 Å². The topological polar surface area (TPSA) is 9.23 Å². The van der Waals surface area contributed by atoms with Gasteiger partial charge in [0.1, 0.15) is 0 Å². The van der Waals surface area contributed by atoms with E-state index in [1.165, 1.54) is 6.26 Å². The van der Waals surface area contributed by atoms with Crippen molar-refractivity contribution in [1.29, 1.82) is 0 Å². The lowest BCUT2D eigenvalue weighted by molar-refractivity contribution is 0.484. The van der Waals surface area contributed by atoms with Gasteiger partial charge in [-0.05, 0) is 12.1 Å². The van der Waals surface area contributed by atoms with Crippen LogP contribution in [0.5, 0.6) is 5.75 Å². The highest BCUT2D eigenvalue weighted by Gasteiger charge is 2.03. The molecule has 13 heavy (non-hydrogen) atoms. The van der Waals surface area contributed by atoms with Gasteiger partial charge in [0, 0.05) is 0 Å². The van der Waals surface area contributed by atoms with Crippen LogP contribution in [-0.4, -0.2) is 0 Å². The van der Waals surface area contributed by atoms with Crippen LogP contribution in [0.15, 0.2) is 44.2 Å². The summed E-state index contributed by atoms with van der Waals surface area (Å²) in [5, 5.41) is 0.967. The molecule has 0 bridgehead atoms. The van der Waals surface area contributed by atoms with Crippen molar-refractivity contribution in [1.82, 2.24) is 0 Å². The maximum atomic E-state index is 5.75. The molecule has 3 heteroatoms. The highest BCUT2D eigenvalue weighted by atomic mass is 35.5. The van der Waals surface area contributed by atoms with Crippen LogP contribution in [-0.2, 0) is 0 Å². The van der Waals surface area contributed by atoms with E-state index in [0.29, 0.717) is 15.8 Å². The van der Waals surface area contributed by atoms with Gasteiger partial charge in [-0.1, -0.05) is 35.8 Å². The molecule has 1 aromatic carbocycles. The molecular formula is C10H10Cl2O. The van der Waals surface area contributed by atoms with Crippen molar-refractivity contribution in [3.63, 3.8) is 0 Å². The zero-order valence-electron chi connectivity index (χ0n) is 7.09. The fourth-order valence-electron chi connectivity index (χ4n) is 0.678. The third-order valence-electron chi connectivity index (χ3n) is 1.12. The lowest BCUT2D eigenvalue weighted by Crippen LogP contribution is -1.82. The highest BCUT2D eigenvalue weighted by molar-refractivity contribution is 6.37. The number of halogens is 2. The monoisotopic (exact) mass is 216 g/mol. The Hall–Kier alpha value is -0.920. The second-order valence-electron chi connectivity index (χ2n) is 1.84. The lowest BCUT2D eigenvalue weighted by Gasteiger charge is -2.03. The van der Waals surface area contributed by atoms with Gasteiger partial charge in [-0.25, -0.2) is 0 Å². The minimum Gasteiger partial charge on any atom is -0.462 e. The molecule has 0 spiro atoms. The molecule has 0 aromatic heterocycles. The summed E-state index contributed by atoms with van der Waals surface area (Å²) in [4.78, 5) is 0. The van der Waals surface area contributed by atoms with Crippen LogP contribution in [0.2, 0.25) is 10.0 Å². The van der Waals surface area contributed by atoms with E-state index >= 15 is 0 Å². The minimum absolute atomic E-state index is 0.450. The minimum atomic E-state index is 0.450. The van der Waals surface area contributed by atoms with Crippen molar-refractivity contribution < 1.29 is 4.74 Å². The van der Waals surface area contributed by atoms with E-state index in [4.69, 9.17) is 27.9 Å². The first-order valence-corrected chi connectivity index (χ1v) is 4.23. The second-order valence-corrected chi connectivity index (χ2v) is 2.65. The Labute approximate surface area is 88.2 Å². The molecule has 0 amide bonds. The quantitative estimate of drug-likeness (QED) is 0.529. The van der Waals surface area contributed by atoms with Crippen molar-refractivity contribution in [2.75, 3.05) is 0 Å². The summed E-state index contributed by atoms with van der Waals surface area (Å²) in [6.45, 7) is 9.40.